The van der Waals surface area contributed by atoms with E-state index in [1.54, 1.807) is 12.1 Å². The van der Waals surface area contributed by atoms with E-state index in [2.05, 4.69) is 107 Å². The summed E-state index contributed by atoms with van der Waals surface area (Å²) in [6.45, 7) is 3.27. The van der Waals surface area contributed by atoms with Gasteiger partial charge in [-0.25, -0.2) is 0 Å². The predicted octanol–water partition coefficient (Wildman–Crippen LogP) is 7.35. The van der Waals surface area contributed by atoms with Gasteiger partial charge in [-0.2, -0.15) is 0 Å². The standard InChI is InChI=1S/C58H62B2N4O6/c1-61(33-41-17-5-15-27-55(41)59(67)68)35-51-43-19-7-11-23-47(43)53(48-24-12-8-20-44(48)51)37-63(3)57(65)39-29-31-40(32-30-39)58(66)64(4)38-54-49-25-13-9-21-45(49)52(46-22-10-14-26-50(46)54)36-62(2)34-42-18-6-16-28-56(42)60(69)70/h5-28,39-40,67-70H,29-38H2,1-4H3. The van der Waals surface area contributed by atoms with E-state index < -0.39 is 14.2 Å². The van der Waals surface area contributed by atoms with Crippen LogP contribution in [0, 0.1) is 11.8 Å². The molecule has 0 aromatic heterocycles. The van der Waals surface area contributed by atoms with Gasteiger partial charge < -0.3 is 29.9 Å². The van der Waals surface area contributed by atoms with Gasteiger partial charge in [0.1, 0.15) is 0 Å². The van der Waals surface area contributed by atoms with Crippen molar-refractivity contribution >= 4 is 80.1 Å². The van der Waals surface area contributed by atoms with Crippen LogP contribution in [0.2, 0.25) is 0 Å². The minimum Gasteiger partial charge on any atom is -0.423 e. The highest BCUT2D eigenvalue weighted by atomic mass is 16.4. The number of hydrogen-bond acceptors (Lipinski definition) is 8. The van der Waals surface area contributed by atoms with E-state index in [0.717, 1.165) is 65.3 Å². The molecular weight excluding hydrogens is 870 g/mol. The number of benzene rings is 8. The first kappa shape index (κ1) is 48.6. The highest BCUT2D eigenvalue weighted by Gasteiger charge is 2.33. The van der Waals surface area contributed by atoms with Gasteiger partial charge in [-0.3, -0.25) is 19.4 Å². The summed E-state index contributed by atoms with van der Waals surface area (Å²) in [5, 5.41) is 49.0. The van der Waals surface area contributed by atoms with Gasteiger partial charge in [0.2, 0.25) is 11.8 Å². The third-order valence-electron chi connectivity index (χ3n) is 14.7. The molecule has 356 valence electrons. The number of fused-ring (bicyclic) bond motifs is 4. The molecule has 8 aromatic rings. The van der Waals surface area contributed by atoms with Crippen LogP contribution >= 0.6 is 0 Å². The van der Waals surface area contributed by atoms with Gasteiger partial charge in [0.05, 0.1) is 0 Å². The van der Waals surface area contributed by atoms with Gasteiger partial charge in [-0.05, 0) is 127 Å². The van der Waals surface area contributed by atoms with Gasteiger partial charge in [0.25, 0.3) is 0 Å². The van der Waals surface area contributed by atoms with Gasteiger partial charge in [0, 0.05) is 65.2 Å². The van der Waals surface area contributed by atoms with E-state index >= 15 is 0 Å². The number of nitrogens with zero attached hydrogens (tertiary/aromatic N) is 4. The second kappa shape index (κ2) is 21.3. The maximum absolute atomic E-state index is 14.3. The molecule has 70 heavy (non-hydrogen) atoms. The fourth-order valence-electron chi connectivity index (χ4n) is 11.2. The largest absolute Gasteiger partial charge is 0.488 e. The first-order valence-electron chi connectivity index (χ1n) is 24.4. The molecule has 10 nitrogen and oxygen atoms in total. The van der Waals surface area contributed by atoms with Gasteiger partial charge in [0.15, 0.2) is 0 Å². The van der Waals surface area contributed by atoms with Crippen molar-refractivity contribution in [3.8, 4) is 0 Å². The molecule has 4 N–H and O–H groups in total. The zero-order valence-electron chi connectivity index (χ0n) is 40.6. The average molecular weight is 933 g/mol. The van der Waals surface area contributed by atoms with Crippen molar-refractivity contribution < 1.29 is 29.7 Å². The molecular formula is C58H62B2N4O6. The molecule has 0 aliphatic heterocycles. The molecule has 0 atom stereocenters. The van der Waals surface area contributed by atoms with Crippen LogP contribution in [0.3, 0.4) is 0 Å². The minimum absolute atomic E-state index is 0.111. The van der Waals surface area contributed by atoms with E-state index in [9.17, 15) is 29.7 Å². The minimum atomic E-state index is -1.54. The number of carbonyl (C=O) groups is 2. The van der Waals surface area contributed by atoms with E-state index in [-0.39, 0.29) is 23.7 Å². The molecule has 8 aromatic carbocycles. The number of carbonyl (C=O) groups excluding carboxylic acids is 2. The van der Waals surface area contributed by atoms with Crippen LogP contribution in [-0.2, 0) is 48.9 Å². The molecule has 1 aliphatic carbocycles. The molecule has 2 amide bonds. The maximum Gasteiger partial charge on any atom is 0.488 e. The Balaban J connectivity index is 0.879. The molecule has 9 rings (SSSR count). The Kier molecular flexibility index (Phi) is 14.8. The van der Waals surface area contributed by atoms with Crippen LogP contribution in [0.15, 0.2) is 146 Å². The van der Waals surface area contributed by atoms with Crippen LogP contribution in [-0.4, -0.2) is 93.9 Å². The Labute approximate surface area is 411 Å². The third kappa shape index (κ3) is 10.1. The monoisotopic (exact) mass is 932 g/mol. The summed E-state index contributed by atoms with van der Waals surface area (Å²) in [5.41, 5.74) is 7.32. The van der Waals surface area contributed by atoms with E-state index in [1.165, 1.54) is 11.1 Å². The molecule has 0 bridgehead atoms. The fourth-order valence-corrected chi connectivity index (χ4v) is 11.2. The summed E-state index contributed by atoms with van der Waals surface area (Å²) >= 11 is 0. The SMILES string of the molecule is CN(Cc1ccccc1B(O)O)Cc1c2ccccc2c(CN(C)C(=O)C2CCC(C(=O)N(C)Cc3c4ccccc4c(CN(C)Cc4ccccc4B(O)O)c4ccccc34)CC2)c2ccccc12. The first-order valence-corrected chi connectivity index (χ1v) is 24.4. The van der Waals surface area contributed by atoms with Crippen molar-refractivity contribution in [2.75, 3.05) is 28.2 Å². The van der Waals surface area contributed by atoms with Crippen LogP contribution in [0.5, 0.6) is 0 Å². The van der Waals surface area contributed by atoms with Crippen molar-refractivity contribution in [3.05, 3.63) is 179 Å². The first-order chi connectivity index (χ1) is 33.9. The van der Waals surface area contributed by atoms with Gasteiger partial charge in [-0.15, -0.1) is 0 Å². The molecule has 1 aliphatic rings. The van der Waals surface area contributed by atoms with Crippen molar-refractivity contribution in [2.45, 2.75) is 65.0 Å². The summed E-state index contributed by atoms with van der Waals surface area (Å²) in [7, 11) is 4.83. The third-order valence-corrected chi connectivity index (χ3v) is 14.7. The topological polar surface area (TPSA) is 128 Å². The van der Waals surface area contributed by atoms with E-state index in [1.807, 2.05) is 74.4 Å². The van der Waals surface area contributed by atoms with Crippen LogP contribution < -0.4 is 10.9 Å². The molecule has 0 saturated heterocycles. The van der Waals surface area contributed by atoms with Crippen LogP contribution in [0.1, 0.15) is 59.1 Å². The van der Waals surface area contributed by atoms with Gasteiger partial charge in [-0.1, -0.05) is 146 Å². The Morgan fingerprint density at radius 3 is 0.900 bits per heavy atom. The summed E-state index contributed by atoms with van der Waals surface area (Å²) in [6.07, 6.45) is 2.64. The summed E-state index contributed by atoms with van der Waals surface area (Å²) in [4.78, 5) is 36.8. The highest BCUT2D eigenvalue weighted by molar-refractivity contribution is 6.59. The molecule has 0 heterocycles. The summed E-state index contributed by atoms with van der Waals surface area (Å²) in [5.74, 6) is -0.101. The zero-order valence-corrected chi connectivity index (χ0v) is 40.6. The van der Waals surface area contributed by atoms with Crippen LogP contribution in [0.25, 0.3) is 43.1 Å². The Hall–Kier alpha value is -6.37. The Morgan fingerprint density at radius 1 is 0.386 bits per heavy atom. The molecule has 0 unspecified atom stereocenters. The number of amides is 2. The molecule has 1 saturated carbocycles. The lowest BCUT2D eigenvalue weighted by atomic mass is 9.77. The Bertz CT molecular complexity index is 2860. The second-order valence-electron chi connectivity index (χ2n) is 19.5. The fraction of sp³-hybridized carbons (Fsp3) is 0.276. The van der Waals surface area contributed by atoms with Crippen molar-refractivity contribution in [1.82, 2.24) is 19.6 Å². The quantitative estimate of drug-likeness (QED) is 0.0586. The van der Waals surface area contributed by atoms with Crippen molar-refractivity contribution in [2.24, 2.45) is 11.8 Å². The zero-order chi connectivity index (χ0) is 49.1. The lowest BCUT2D eigenvalue weighted by molar-refractivity contribution is -0.140. The van der Waals surface area contributed by atoms with E-state index in [4.69, 9.17) is 0 Å². The van der Waals surface area contributed by atoms with Crippen LogP contribution in [0.4, 0.5) is 0 Å². The summed E-state index contributed by atoms with van der Waals surface area (Å²) in [6, 6.07) is 48.5. The van der Waals surface area contributed by atoms with Crippen molar-refractivity contribution in [1.29, 1.82) is 0 Å². The second-order valence-corrected chi connectivity index (χ2v) is 19.5. The van der Waals surface area contributed by atoms with E-state index in [0.29, 0.717) is 75.9 Å². The lowest BCUT2D eigenvalue weighted by Gasteiger charge is -2.32. The maximum atomic E-state index is 14.3. The smallest absolute Gasteiger partial charge is 0.423 e. The summed E-state index contributed by atoms with van der Waals surface area (Å²) < 4.78 is 0. The molecule has 12 heteroatoms. The van der Waals surface area contributed by atoms with Crippen molar-refractivity contribution in [3.63, 3.8) is 0 Å². The average Bonchev–Trinajstić information content (AvgIpc) is 3.37. The molecule has 0 radical (unpaired) electrons. The predicted molar refractivity (Wildman–Crippen MR) is 284 cm³/mol. The number of rotatable bonds is 16. The van der Waals surface area contributed by atoms with Gasteiger partial charge >= 0.3 is 14.2 Å². The highest BCUT2D eigenvalue weighted by Crippen LogP contribution is 2.38. The Morgan fingerprint density at radius 2 is 0.629 bits per heavy atom. The number of hydrogen-bond donors (Lipinski definition) is 4. The normalized spacial score (nSPS) is 15.1. The molecule has 1 fully saturated rings. The molecule has 0 spiro atoms. The lowest BCUT2D eigenvalue weighted by Crippen LogP contribution is -2.38.